The monoisotopic (exact) mass is 498 g/mol. The molecule has 2 aromatic rings. The standard InChI is InChI=1S/C24H26N4O8/c1-33-19-10-14(11-20(34-2)22(19)36-9-8-35-13-29)26-27-17-5-3-4-15-16(17)12-28(24(15)32)18-6-7-21(30)25-23(18)31/h3-5,10-11,18,29H,6-9,12-13H2,1-2H3,(H,25,30,31). The molecule has 2 aromatic carbocycles. The molecule has 0 radical (unpaired) electrons. The summed E-state index contributed by atoms with van der Waals surface area (Å²) in [7, 11) is 2.96. The zero-order valence-corrected chi connectivity index (χ0v) is 19.9. The molecule has 2 N–H and O–H groups in total. The first kappa shape index (κ1) is 25.1. The average molecular weight is 498 g/mol. The molecule has 2 aliphatic heterocycles. The minimum absolute atomic E-state index is 0.169. The zero-order chi connectivity index (χ0) is 25.7. The summed E-state index contributed by atoms with van der Waals surface area (Å²) in [5, 5.41) is 19.7. The van der Waals surface area contributed by atoms with Gasteiger partial charge in [-0.3, -0.25) is 19.7 Å². The minimum atomic E-state index is -0.712. The summed E-state index contributed by atoms with van der Waals surface area (Å²) < 4.78 is 21.4. The first-order chi connectivity index (χ1) is 17.5. The van der Waals surface area contributed by atoms with Crippen LogP contribution in [0.5, 0.6) is 17.2 Å². The lowest BCUT2D eigenvalue weighted by atomic mass is 10.0. The van der Waals surface area contributed by atoms with Crippen molar-refractivity contribution < 1.29 is 38.4 Å². The highest BCUT2D eigenvalue weighted by molar-refractivity contribution is 6.06. The molecule has 1 unspecified atom stereocenters. The van der Waals surface area contributed by atoms with E-state index in [9.17, 15) is 14.4 Å². The molecule has 12 nitrogen and oxygen atoms in total. The van der Waals surface area contributed by atoms with Gasteiger partial charge in [-0.2, -0.15) is 10.2 Å². The molecule has 0 aromatic heterocycles. The van der Waals surface area contributed by atoms with Crippen molar-refractivity contribution in [2.45, 2.75) is 25.4 Å². The first-order valence-electron chi connectivity index (χ1n) is 11.2. The molecule has 0 aliphatic carbocycles. The van der Waals surface area contributed by atoms with E-state index in [1.165, 1.54) is 19.1 Å². The molecule has 2 heterocycles. The third kappa shape index (κ3) is 5.14. The Labute approximate surface area is 206 Å². The van der Waals surface area contributed by atoms with Crippen LogP contribution in [0.15, 0.2) is 40.6 Å². The smallest absolute Gasteiger partial charge is 0.255 e. The normalized spacial score (nSPS) is 17.4. The van der Waals surface area contributed by atoms with Crippen molar-refractivity contribution in [1.29, 1.82) is 0 Å². The maximum absolute atomic E-state index is 13.0. The van der Waals surface area contributed by atoms with Gasteiger partial charge in [-0.1, -0.05) is 6.07 Å². The summed E-state index contributed by atoms with van der Waals surface area (Å²) in [6, 6.07) is 7.65. The number of hydrogen-bond donors (Lipinski definition) is 2. The van der Waals surface area contributed by atoms with E-state index in [1.807, 2.05) is 0 Å². The van der Waals surface area contributed by atoms with Crippen LogP contribution in [-0.2, 0) is 20.9 Å². The Hall–Kier alpha value is -4.03. The Balaban J connectivity index is 1.56. The first-order valence-corrected chi connectivity index (χ1v) is 11.2. The lowest BCUT2D eigenvalue weighted by Crippen LogP contribution is -2.52. The van der Waals surface area contributed by atoms with Crippen molar-refractivity contribution in [2.24, 2.45) is 10.2 Å². The number of benzene rings is 2. The van der Waals surface area contributed by atoms with E-state index in [1.54, 1.807) is 30.3 Å². The van der Waals surface area contributed by atoms with Crippen LogP contribution in [0.1, 0.15) is 28.8 Å². The molecule has 1 fully saturated rings. The second-order valence-corrected chi connectivity index (χ2v) is 7.97. The summed E-state index contributed by atoms with van der Waals surface area (Å²) >= 11 is 0. The fourth-order valence-electron chi connectivity index (χ4n) is 4.11. The van der Waals surface area contributed by atoms with Crippen molar-refractivity contribution in [3.8, 4) is 17.2 Å². The van der Waals surface area contributed by atoms with E-state index in [-0.39, 0.29) is 44.4 Å². The van der Waals surface area contributed by atoms with E-state index in [4.69, 9.17) is 24.1 Å². The lowest BCUT2D eigenvalue weighted by Gasteiger charge is -2.29. The number of rotatable bonds is 10. The van der Waals surface area contributed by atoms with Gasteiger partial charge in [0.15, 0.2) is 11.5 Å². The maximum atomic E-state index is 13.0. The summed E-state index contributed by atoms with van der Waals surface area (Å²) in [6.45, 7) is 0.127. The van der Waals surface area contributed by atoms with Gasteiger partial charge in [0, 0.05) is 36.2 Å². The summed E-state index contributed by atoms with van der Waals surface area (Å²) in [6.07, 6.45) is 0.461. The Morgan fingerprint density at radius 2 is 1.83 bits per heavy atom. The number of azo groups is 1. The number of carbonyl (C=O) groups excluding carboxylic acids is 3. The van der Waals surface area contributed by atoms with Gasteiger partial charge in [0.05, 0.1) is 32.2 Å². The van der Waals surface area contributed by atoms with Crippen LogP contribution in [-0.4, -0.2) is 68.0 Å². The Bertz CT molecular complexity index is 1170. The topological polar surface area (TPSA) is 148 Å². The number of ether oxygens (including phenoxy) is 4. The number of methoxy groups -OCH3 is 2. The van der Waals surface area contributed by atoms with Gasteiger partial charge in [-0.15, -0.1) is 0 Å². The van der Waals surface area contributed by atoms with Crippen molar-refractivity contribution in [2.75, 3.05) is 34.2 Å². The molecule has 12 heteroatoms. The van der Waals surface area contributed by atoms with E-state index < -0.39 is 18.7 Å². The predicted molar refractivity (Wildman–Crippen MR) is 125 cm³/mol. The number of amides is 3. The maximum Gasteiger partial charge on any atom is 0.255 e. The number of carbonyl (C=O) groups is 3. The van der Waals surface area contributed by atoms with Gasteiger partial charge < -0.3 is 29.0 Å². The van der Waals surface area contributed by atoms with Gasteiger partial charge in [-0.25, -0.2) is 0 Å². The SMILES string of the molecule is COc1cc(N=Nc2cccc3c2CN(C2CCC(=O)NC2=O)C3=O)cc(OC)c1OCCOCO. The fraction of sp³-hybridized carbons (Fsp3) is 0.375. The number of aliphatic hydroxyl groups is 1. The molecule has 0 saturated carbocycles. The Morgan fingerprint density at radius 3 is 2.50 bits per heavy atom. The Morgan fingerprint density at radius 1 is 1.08 bits per heavy atom. The van der Waals surface area contributed by atoms with Crippen LogP contribution in [0.2, 0.25) is 0 Å². The van der Waals surface area contributed by atoms with Crippen LogP contribution in [0.3, 0.4) is 0 Å². The number of piperidine rings is 1. The lowest BCUT2D eigenvalue weighted by molar-refractivity contribution is -0.136. The molecule has 4 rings (SSSR count). The van der Waals surface area contributed by atoms with Crippen LogP contribution in [0.4, 0.5) is 11.4 Å². The highest BCUT2D eigenvalue weighted by Gasteiger charge is 2.39. The van der Waals surface area contributed by atoms with Gasteiger partial charge in [0.2, 0.25) is 17.6 Å². The Kier molecular flexibility index (Phi) is 7.76. The number of hydrogen-bond acceptors (Lipinski definition) is 10. The molecule has 2 aliphatic rings. The van der Waals surface area contributed by atoms with Gasteiger partial charge >= 0.3 is 0 Å². The molecule has 190 valence electrons. The molecule has 1 saturated heterocycles. The number of nitrogens with zero attached hydrogens (tertiary/aromatic N) is 3. The van der Waals surface area contributed by atoms with Crippen molar-refractivity contribution in [3.63, 3.8) is 0 Å². The van der Waals surface area contributed by atoms with Gasteiger partial charge in [0.1, 0.15) is 19.4 Å². The van der Waals surface area contributed by atoms with Crippen LogP contribution >= 0.6 is 0 Å². The molecule has 0 bridgehead atoms. The largest absolute Gasteiger partial charge is 0.493 e. The predicted octanol–water partition coefficient (Wildman–Crippen LogP) is 2.23. The number of nitrogens with one attached hydrogen (secondary N) is 1. The molecule has 0 spiro atoms. The van der Waals surface area contributed by atoms with Gasteiger partial charge in [0.25, 0.3) is 5.91 Å². The third-order valence-electron chi connectivity index (χ3n) is 5.84. The van der Waals surface area contributed by atoms with E-state index in [2.05, 4.69) is 15.5 Å². The molecular weight excluding hydrogens is 472 g/mol. The summed E-state index contributed by atoms with van der Waals surface area (Å²) in [5.41, 5.74) is 2.00. The second kappa shape index (κ2) is 11.1. The second-order valence-electron chi connectivity index (χ2n) is 7.97. The van der Waals surface area contributed by atoms with Crippen LogP contribution in [0, 0.1) is 0 Å². The van der Waals surface area contributed by atoms with Crippen molar-refractivity contribution in [1.82, 2.24) is 10.2 Å². The summed E-state index contributed by atoms with van der Waals surface area (Å²) in [5.74, 6) is -0.0107. The van der Waals surface area contributed by atoms with E-state index >= 15 is 0 Å². The zero-order valence-electron chi connectivity index (χ0n) is 19.9. The van der Waals surface area contributed by atoms with Gasteiger partial charge in [-0.05, 0) is 18.6 Å². The van der Waals surface area contributed by atoms with E-state index in [0.717, 1.165) is 0 Å². The number of aliphatic hydroxyl groups excluding tert-OH is 1. The van der Waals surface area contributed by atoms with Crippen LogP contribution in [0.25, 0.3) is 0 Å². The summed E-state index contributed by atoms with van der Waals surface area (Å²) in [4.78, 5) is 38.3. The van der Waals surface area contributed by atoms with Crippen molar-refractivity contribution >= 4 is 29.1 Å². The number of imide groups is 1. The highest BCUT2D eigenvalue weighted by Crippen LogP contribution is 2.42. The third-order valence-corrected chi connectivity index (χ3v) is 5.84. The average Bonchev–Trinajstić information content (AvgIpc) is 3.22. The molecule has 1 atom stereocenters. The van der Waals surface area contributed by atoms with Crippen LogP contribution < -0.4 is 19.5 Å². The fourth-order valence-corrected chi connectivity index (χ4v) is 4.11. The van der Waals surface area contributed by atoms with Crippen molar-refractivity contribution in [3.05, 3.63) is 41.5 Å². The quantitative estimate of drug-likeness (QED) is 0.219. The molecular formula is C24H26N4O8. The van der Waals surface area contributed by atoms with E-state index in [0.29, 0.717) is 39.8 Å². The highest BCUT2D eigenvalue weighted by atomic mass is 16.6. The number of fused-ring (bicyclic) bond motifs is 1. The molecule has 3 amide bonds. The molecule has 36 heavy (non-hydrogen) atoms. The minimum Gasteiger partial charge on any atom is -0.493 e.